The summed E-state index contributed by atoms with van der Waals surface area (Å²) in [6, 6.07) is 11.5. The summed E-state index contributed by atoms with van der Waals surface area (Å²) in [6.07, 6.45) is 4.75. The fourth-order valence-electron chi connectivity index (χ4n) is 7.44. The summed E-state index contributed by atoms with van der Waals surface area (Å²) in [4.78, 5) is 17.7. The van der Waals surface area contributed by atoms with Gasteiger partial charge in [-0.2, -0.15) is 0 Å². The number of rotatable bonds is 0. The first-order valence-corrected chi connectivity index (χ1v) is 17.1. The number of fused-ring (bicyclic) bond motifs is 4. The molecule has 4 aliphatic rings. The van der Waals surface area contributed by atoms with Gasteiger partial charge in [-0.1, -0.05) is 24.6 Å². The van der Waals surface area contributed by atoms with E-state index in [9.17, 15) is 18.3 Å². The molecular formula is C32H42ClN3O5S. The first kappa shape index (κ1) is 29.7. The van der Waals surface area contributed by atoms with E-state index in [-0.39, 0.29) is 16.9 Å². The van der Waals surface area contributed by atoms with Crippen molar-refractivity contribution in [3.63, 3.8) is 0 Å². The predicted octanol–water partition coefficient (Wildman–Crippen LogP) is 4.58. The maximum absolute atomic E-state index is 13.4. The van der Waals surface area contributed by atoms with Gasteiger partial charge in [0, 0.05) is 35.6 Å². The molecule has 2 unspecified atom stereocenters. The summed E-state index contributed by atoms with van der Waals surface area (Å²) in [5.41, 5.74) is 3.42. The van der Waals surface area contributed by atoms with Crippen LogP contribution in [0.3, 0.4) is 0 Å². The Balaban J connectivity index is 1.41. The van der Waals surface area contributed by atoms with E-state index in [1.807, 2.05) is 31.0 Å². The van der Waals surface area contributed by atoms with Gasteiger partial charge in [0.15, 0.2) is 0 Å². The molecule has 8 nitrogen and oxygen atoms in total. The minimum Gasteiger partial charge on any atom is -0.490 e. The number of ether oxygens (including phenoxy) is 1. The van der Waals surface area contributed by atoms with Crippen LogP contribution in [0.1, 0.15) is 67.4 Å². The largest absolute Gasteiger partial charge is 0.490 e. The number of aryl methyl sites for hydroxylation is 1. The smallest absolute Gasteiger partial charge is 0.264 e. The third-order valence-electron chi connectivity index (χ3n) is 10.5. The van der Waals surface area contributed by atoms with E-state index in [2.05, 4.69) is 21.8 Å². The van der Waals surface area contributed by atoms with Gasteiger partial charge in [0.25, 0.3) is 5.91 Å². The van der Waals surface area contributed by atoms with Crippen LogP contribution in [0.4, 0.5) is 5.69 Å². The van der Waals surface area contributed by atoms with E-state index in [1.165, 1.54) is 11.1 Å². The van der Waals surface area contributed by atoms with Gasteiger partial charge in [-0.25, -0.2) is 13.1 Å². The van der Waals surface area contributed by atoms with Crippen LogP contribution in [0.2, 0.25) is 5.02 Å². The summed E-state index contributed by atoms with van der Waals surface area (Å²) in [7, 11) is -2.06. The third kappa shape index (κ3) is 5.53. The quantitative estimate of drug-likeness (QED) is 0.448. The molecule has 2 N–H and O–H groups in total. The molecule has 2 aliphatic carbocycles. The van der Waals surface area contributed by atoms with Crippen molar-refractivity contribution in [2.75, 3.05) is 38.2 Å². The van der Waals surface area contributed by atoms with Gasteiger partial charge in [0.2, 0.25) is 10.0 Å². The second-order valence-electron chi connectivity index (χ2n) is 13.2. The van der Waals surface area contributed by atoms with Crippen LogP contribution in [0.5, 0.6) is 5.75 Å². The molecule has 2 bridgehead atoms. The number of anilines is 1. The lowest BCUT2D eigenvalue weighted by Crippen LogP contribution is -2.50. The molecule has 1 spiro atoms. The minimum absolute atomic E-state index is 0.235. The first-order valence-electron chi connectivity index (χ1n) is 15.2. The van der Waals surface area contributed by atoms with Gasteiger partial charge in [0.1, 0.15) is 12.0 Å². The van der Waals surface area contributed by atoms with Crippen LogP contribution >= 0.6 is 11.6 Å². The molecule has 1 amide bonds. The number of halogens is 1. The molecule has 0 saturated heterocycles. The fraction of sp³-hybridized carbons (Fsp3) is 0.594. The summed E-state index contributed by atoms with van der Waals surface area (Å²) in [5.74, 6) is 0.552. The molecule has 6 atom stereocenters. The summed E-state index contributed by atoms with van der Waals surface area (Å²) in [5, 5.41) is 10.9. The van der Waals surface area contributed by atoms with E-state index in [0.717, 1.165) is 62.4 Å². The number of nitrogens with one attached hydrogen (secondary N) is 1. The van der Waals surface area contributed by atoms with E-state index in [1.54, 1.807) is 19.1 Å². The zero-order valence-electron chi connectivity index (χ0n) is 24.7. The van der Waals surface area contributed by atoms with Gasteiger partial charge in [-0.15, -0.1) is 0 Å². The first-order chi connectivity index (χ1) is 20.0. The topological polar surface area (TPSA) is 99.2 Å². The molecule has 10 heteroatoms. The Bertz CT molecular complexity index is 1470. The van der Waals surface area contributed by atoms with Crippen LogP contribution < -0.4 is 14.4 Å². The molecule has 2 aliphatic heterocycles. The van der Waals surface area contributed by atoms with Crippen molar-refractivity contribution in [1.82, 2.24) is 9.62 Å². The number of benzene rings is 2. The summed E-state index contributed by atoms with van der Waals surface area (Å²) >= 11 is 6.39. The lowest BCUT2D eigenvalue weighted by Gasteiger charge is -2.45. The predicted molar refractivity (Wildman–Crippen MR) is 165 cm³/mol. The van der Waals surface area contributed by atoms with Crippen LogP contribution in [0, 0.1) is 17.8 Å². The number of carbonyl (C=O) groups is 1. The maximum Gasteiger partial charge on any atom is 0.264 e. The highest BCUT2D eigenvalue weighted by Gasteiger charge is 2.44. The highest BCUT2D eigenvalue weighted by Crippen LogP contribution is 2.46. The van der Waals surface area contributed by atoms with E-state index < -0.39 is 27.4 Å². The van der Waals surface area contributed by atoms with Crippen molar-refractivity contribution >= 4 is 33.2 Å². The highest BCUT2D eigenvalue weighted by molar-refractivity contribution is 7.90. The molecule has 0 radical (unpaired) electrons. The number of aliphatic hydroxyl groups is 1. The van der Waals surface area contributed by atoms with Crippen molar-refractivity contribution in [2.45, 2.75) is 69.3 Å². The molecule has 1 fully saturated rings. The van der Waals surface area contributed by atoms with E-state index in [4.69, 9.17) is 16.3 Å². The van der Waals surface area contributed by atoms with Gasteiger partial charge in [0.05, 0.1) is 17.5 Å². The Kier molecular flexibility index (Phi) is 8.00. The minimum atomic E-state index is -3.97. The molecule has 42 heavy (non-hydrogen) atoms. The van der Waals surface area contributed by atoms with Crippen molar-refractivity contribution in [3.8, 4) is 5.75 Å². The fourth-order valence-corrected chi connectivity index (χ4v) is 8.92. The van der Waals surface area contributed by atoms with Crippen molar-refractivity contribution in [1.29, 1.82) is 0 Å². The molecule has 0 aromatic heterocycles. The number of amides is 1. The van der Waals surface area contributed by atoms with Crippen LogP contribution in [-0.2, 0) is 21.9 Å². The number of aliphatic hydroxyl groups excluding tert-OH is 1. The molecule has 228 valence electrons. The zero-order chi connectivity index (χ0) is 29.8. The monoisotopic (exact) mass is 615 g/mol. The SMILES string of the molecule is C[C@H]1CC(O)N(C)C[C@@H]2CC[C@H]2CN2CC3(CCCc4cc(Cl)ccc43)COc3ccc(cc32)C(=O)NS(=O)(=O)[C@H]1C. The van der Waals surface area contributed by atoms with Crippen molar-refractivity contribution in [3.05, 3.63) is 58.1 Å². The second kappa shape index (κ2) is 11.3. The van der Waals surface area contributed by atoms with E-state index >= 15 is 0 Å². The molecular weight excluding hydrogens is 574 g/mol. The lowest BCUT2D eigenvalue weighted by molar-refractivity contribution is -0.0205. The van der Waals surface area contributed by atoms with Gasteiger partial charge in [-0.05, 0) is 112 Å². The molecule has 2 aromatic rings. The van der Waals surface area contributed by atoms with Gasteiger partial charge < -0.3 is 14.7 Å². The van der Waals surface area contributed by atoms with E-state index in [0.29, 0.717) is 30.6 Å². The van der Waals surface area contributed by atoms with Crippen LogP contribution in [0.15, 0.2) is 36.4 Å². The normalized spacial score (nSPS) is 33.4. The standard InChI is InChI=1S/C32H42ClN3O5S/c1-20-13-30(37)35(3)16-24-6-7-25(24)17-36-18-32(12-4-5-22-14-26(33)9-10-27(22)32)19-41-29-11-8-23(15-28(29)36)31(38)34-42(39,40)21(20)2/h8-11,14-15,20-21,24-25,30,37H,4-7,12-13,16-19H2,1-3H3,(H,34,38)/t20-,21-,24-,25-,30?,32?/m0/s1. The molecule has 6 rings (SSSR count). The molecule has 1 saturated carbocycles. The van der Waals surface area contributed by atoms with Crippen LogP contribution in [0.25, 0.3) is 0 Å². The number of sulfonamides is 1. The third-order valence-corrected chi connectivity index (χ3v) is 12.6. The Hall–Kier alpha value is -2.33. The average Bonchev–Trinajstić information content (AvgIpc) is 3.09. The highest BCUT2D eigenvalue weighted by atomic mass is 35.5. The van der Waals surface area contributed by atoms with Crippen LogP contribution in [-0.4, -0.2) is 69.1 Å². The maximum atomic E-state index is 13.4. The zero-order valence-corrected chi connectivity index (χ0v) is 26.3. The molecule has 2 heterocycles. The number of hydrogen-bond acceptors (Lipinski definition) is 7. The summed E-state index contributed by atoms with van der Waals surface area (Å²) in [6.45, 7) is 6.20. The Labute approximate surface area is 254 Å². The molecule has 2 aromatic carbocycles. The Morgan fingerprint density at radius 2 is 1.86 bits per heavy atom. The second-order valence-corrected chi connectivity index (χ2v) is 15.7. The summed E-state index contributed by atoms with van der Waals surface area (Å²) < 4.78 is 35.3. The lowest BCUT2D eigenvalue weighted by atomic mass is 9.69. The number of carbonyl (C=O) groups excluding carboxylic acids is 1. The van der Waals surface area contributed by atoms with Crippen molar-refractivity contribution in [2.24, 2.45) is 17.8 Å². The van der Waals surface area contributed by atoms with Gasteiger partial charge in [-0.3, -0.25) is 9.69 Å². The van der Waals surface area contributed by atoms with Crippen molar-refractivity contribution < 1.29 is 23.1 Å². The number of nitrogens with zero attached hydrogens (tertiary/aromatic N) is 2. The van der Waals surface area contributed by atoms with Gasteiger partial charge >= 0.3 is 0 Å². The Morgan fingerprint density at radius 1 is 1.10 bits per heavy atom. The average molecular weight is 616 g/mol. The number of hydrogen-bond donors (Lipinski definition) is 2. The Morgan fingerprint density at radius 3 is 2.62 bits per heavy atom.